The Kier molecular flexibility index (Phi) is 7.67. The van der Waals surface area contributed by atoms with Crippen molar-refractivity contribution in [2.45, 2.75) is 20.3 Å². The Morgan fingerprint density at radius 3 is 2.22 bits per heavy atom. The van der Waals surface area contributed by atoms with Gasteiger partial charge in [0.1, 0.15) is 0 Å². The zero-order chi connectivity index (χ0) is 19.8. The molecule has 0 aliphatic rings. The van der Waals surface area contributed by atoms with E-state index in [0.717, 1.165) is 30.9 Å². The Morgan fingerprint density at radius 2 is 1.70 bits per heavy atom. The summed E-state index contributed by atoms with van der Waals surface area (Å²) in [6, 6.07) is 10.4. The number of thiazole rings is 1. The lowest BCUT2D eigenvalue weighted by atomic mass is 10.1. The predicted molar refractivity (Wildman–Crippen MR) is 106 cm³/mol. The van der Waals surface area contributed by atoms with Crippen molar-refractivity contribution in [3.05, 3.63) is 64.7 Å². The molecule has 0 spiro atoms. The van der Waals surface area contributed by atoms with E-state index in [1.165, 1.54) is 17.7 Å². The van der Waals surface area contributed by atoms with Crippen LogP contribution in [0.5, 0.6) is 0 Å². The van der Waals surface area contributed by atoms with E-state index in [4.69, 9.17) is 5.73 Å². The van der Waals surface area contributed by atoms with Gasteiger partial charge in [0.15, 0.2) is 17.5 Å². The van der Waals surface area contributed by atoms with Crippen LogP contribution in [0.25, 0.3) is 11.3 Å². The minimum Gasteiger partial charge on any atom is -0.396 e. The predicted octanol–water partition coefficient (Wildman–Crippen LogP) is 5.73. The molecule has 3 rings (SSSR count). The molecule has 0 fully saturated rings. The molecule has 3 aromatic rings. The lowest BCUT2D eigenvalue weighted by Crippen LogP contribution is -2.23. The highest BCUT2D eigenvalue weighted by Crippen LogP contribution is 2.23. The molecule has 0 saturated carbocycles. The number of rotatable bonds is 5. The van der Waals surface area contributed by atoms with Gasteiger partial charge in [-0.3, -0.25) is 0 Å². The van der Waals surface area contributed by atoms with Crippen LogP contribution < -0.4 is 10.6 Å². The van der Waals surface area contributed by atoms with Gasteiger partial charge in [-0.25, -0.2) is 18.2 Å². The van der Waals surface area contributed by atoms with E-state index in [0.29, 0.717) is 0 Å². The molecule has 0 saturated heterocycles. The number of anilines is 2. The Morgan fingerprint density at radius 1 is 1.00 bits per heavy atom. The fraction of sp³-hybridized carbons (Fsp3) is 0.250. The number of hydrogen-bond acceptors (Lipinski definition) is 4. The smallest absolute Gasteiger partial charge is 0.196 e. The maximum absolute atomic E-state index is 12.3. The molecule has 3 nitrogen and oxygen atoms in total. The third kappa shape index (κ3) is 5.47. The highest BCUT2D eigenvalue weighted by atomic mass is 32.1. The molecule has 0 atom stereocenters. The van der Waals surface area contributed by atoms with Gasteiger partial charge in [0, 0.05) is 29.7 Å². The molecule has 2 aromatic carbocycles. The number of nitrogens with zero attached hydrogens (tertiary/aromatic N) is 2. The second-order valence-electron chi connectivity index (χ2n) is 5.76. The van der Waals surface area contributed by atoms with Crippen molar-refractivity contribution in [3.8, 4) is 11.3 Å². The summed E-state index contributed by atoms with van der Waals surface area (Å²) in [6.07, 6.45) is 1.18. The van der Waals surface area contributed by atoms with Crippen molar-refractivity contribution in [1.82, 2.24) is 4.98 Å². The maximum atomic E-state index is 12.3. The van der Waals surface area contributed by atoms with Gasteiger partial charge in [-0.1, -0.05) is 19.1 Å². The van der Waals surface area contributed by atoms with Gasteiger partial charge in [0.25, 0.3) is 0 Å². The molecule has 2 N–H and O–H groups in total. The zero-order valence-corrected chi connectivity index (χ0v) is 16.1. The van der Waals surface area contributed by atoms with Crippen molar-refractivity contribution < 1.29 is 13.2 Å². The van der Waals surface area contributed by atoms with Crippen LogP contribution in [0.3, 0.4) is 0 Å². The number of nitrogen functional groups attached to an aromatic ring is 1. The van der Waals surface area contributed by atoms with Crippen LogP contribution in [-0.4, -0.2) is 18.1 Å². The molecule has 0 amide bonds. The Balaban J connectivity index is 0.000000223. The molecule has 1 heterocycles. The van der Waals surface area contributed by atoms with Crippen molar-refractivity contribution in [2.24, 2.45) is 0 Å². The topological polar surface area (TPSA) is 42.2 Å². The summed E-state index contributed by atoms with van der Waals surface area (Å²) in [5.74, 6) is -4.09. The summed E-state index contributed by atoms with van der Waals surface area (Å²) < 4.78 is 36.5. The molecule has 27 heavy (non-hydrogen) atoms. The normalized spacial score (nSPS) is 10.3. The molecule has 0 unspecified atom stereocenters. The van der Waals surface area contributed by atoms with Crippen molar-refractivity contribution in [3.63, 3.8) is 0 Å². The van der Waals surface area contributed by atoms with E-state index in [9.17, 15) is 13.2 Å². The van der Waals surface area contributed by atoms with Gasteiger partial charge < -0.3 is 10.6 Å². The molecular weight excluding hydrogens is 371 g/mol. The molecule has 1 aromatic heterocycles. The molecule has 7 heteroatoms. The van der Waals surface area contributed by atoms with Crippen molar-refractivity contribution in [2.75, 3.05) is 23.7 Å². The van der Waals surface area contributed by atoms with E-state index >= 15 is 0 Å². The number of nitrogens with two attached hydrogens (primary N) is 1. The van der Waals surface area contributed by atoms with Gasteiger partial charge in [-0.15, -0.1) is 11.3 Å². The number of hydrogen-bond donors (Lipinski definition) is 1. The maximum Gasteiger partial charge on any atom is 0.196 e. The van der Waals surface area contributed by atoms with Crippen LogP contribution in [0.2, 0.25) is 0 Å². The average molecular weight is 393 g/mol. The monoisotopic (exact) mass is 393 g/mol. The number of halogens is 3. The molecular formula is C20H22F3N3S. The molecule has 0 aliphatic carbocycles. The van der Waals surface area contributed by atoms with Gasteiger partial charge >= 0.3 is 0 Å². The summed E-state index contributed by atoms with van der Waals surface area (Å²) in [5, 5.41) is 2.08. The summed E-state index contributed by atoms with van der Waals surface area (Å²) in [6.45, 7) is 6.59. The molecule has 0 radical (unpaired) electrons. The second kappa shape index (κ2) is 9.97. The van der Waals surface area contributed by atoms with Gasteiger partial charge in [-0.2, -0.15) is 0 Å². The largest absolute Gasteiger partial charge is 0.396 e. The summed E-state index contributed by atoms with van der Waals surface area (Å²) in [5.41, 5.74) is 9.96. The van der Waals surface area contributed by atoms with Gasteiger partial charge in [0.05, 0.1) is 16.9 Å². The first-order valence-corrected chi connectivity index (χ1v) is 9.54. The number of benzene rings is 2. The van der Waals surface area contributed by atoms with E-state index in [-0.39, 0.29) is 5.69 Å². The van der Waals surface area contributed by atoms with E-state index in [2.05, 4.69) is 53.4 Å². The standard InChI is InChI=1S/C14H18N2S.C6H4F3N/c1-3-9-16(4-2)13-7-5-12(6-8-13)14-10-17-11-15-14;7-3-1-2-4(10)6(9)5(3)8/h5-8,10-11H,3-4,9H2,1-2H3;1-2H,10H2. The summed E-state index contributed by atoms with van der Waals surface area (Å²) in [7, 11) is 0. The Bertz CT molecular complexity index is 809. The molecule has 144 valence electrons. The van der Waals surface area contributed by atoms with E-state index in [1.807, 2.05) is 5.51 Å². The lowest BCUT2D eigenvalue weighted by molar-refractivity contribution is 0.449. The van der Waals surface area contributed by atoms with Crippen LogP contribution in [0.15, 0.2) is 47.3 Å². The van der Waals surface area contributed by atoms with Crippen LogP contribution >= 0.6 is 11.3 Å². The lowest BCUT2D eigenvalue weighted by Gasteiger charge is -2.22. The van der Waals surface area contributed by atoms with Gasteiger partial charge in [-0.05, 0) is 37.6 Å². The minimum atomic E-state index is -1.53. The molecule has 0 bridgehead atoms. The SMILES string of the molecule is CCCN(CC)c1ccc(-c2cscn2)cc1.Nc1ccc(F)c(F)c1F. The van der Waals surface area contributed by atoms with E-state index in [1.54, 1.807) is 11.3 Å². The first kappa shape index (κ1) is 20.8. The Labute approximate surface area is 161 Å². The van der Waals surface area contributed by atoms with Crippen LogP contribution in [0.4, 0.5) is 24.5 Å². The Hall–Kier alpha value is -2.54. The highest BCUT2D eigenvalue weighted by molar-refractivity contribution is 7.07. The second-order valence-corrected chi connectivity index (χ2v) is 6.48. The summed E-state index contributed by atoms with van der Waals surface area (Å²) in [4.78, 5) is 6.72. The fourth-order valence-electron chi connectivity index (χ4n) is 2.48. The zero-order valence-electron chi connectivity index (χ0n) is 15.3. The third-order valence-electron chi connectivity index (χ3n) is 3.90. The third-order valence-corrected chi connectivity index (χ3v) is 4.49. The highest BCUT2D eigenvalue weighted by Gasteiger charge is 2.10. The quantitative estimate of drug-likeness (QED) is 0.444. The van der Waals surface area contributed by atoms with Crippen LogP contribution in [-0.2, 0) is 0 Å². The van der Waals surface area contributed by atoms with Crippen molar-refractivity contribution >= 4 is 22.7 Å². The first-order chi connectivity index (χ1) is 13.0. The van der Waals surface area contributed by atoms with Crippen LogP contribution in [0.1, 0.15) is 20.3 Å². The first-order valence-electron chi connectivity index (χ1n) is 8.60. The van der Waals surface area contributed by atoms with Crippen molar-refractivity contribution in [1.29, 1.82) is 0 Å². The minimum absolute atomic E-state index is 0.390. The fourth-order valence-corrected chi connectivity index (χ4v) is 3.04. The van der Waals surface area contributed by atoms with Gasteiger partial charge in [0.2, 0.25) is 0 Å². The van der Waals surface area contributed by atoms with Crippen LogP contribution in [0, 0.1) is 17.5 Å². The molecule has 0 aliphatic heterocycles. The average Bonchev–Trinajstić information content (AvgIpc) is 3.23. The summed E-state index contributed by atoms with van der Waals surface area (Å²) >= 11 is 1.64. The number of aromatic nitrogens is 1. The van der Waals surface area contributed by atoms with E-state index < -0.39 is 17.5 Å².